The van der Waals surface area contributed by atoms with Crippen LogP contribution in [-0.2, 0) is 10.3 Å². The van der Waals surface area contributed by atoms with E-state index in [0.29, 0.717) is 6.04 Å². The first-order chi connectivity index (χ1) is 9.93. The molecule has 1 aliphatic carbocycles. The molecule has 0 aliphatic heterocycles. The molecule has 1 atom stereocenters. The van der Waals surface area contributed by atoms with E-state index in [1.807, 2.05) is 39.0 Å². The van der Waals surface area contributed by atoms with E-state index in [1.165, 1.54) is 25.7 Å². The molecule has 0 bridgehead atoms. The minimum atomic E-state index is -1.01. The molecule has 0 aromatic heterocycles. The van der Waals surface area contributed by atoms with Crippen molar-refractivity contribution >= 4 is 5.97 Å². The topological polar surface area (TPSA) is 49.3 Å². The molecule has 0 radical (unpaired) electrons. The van der Waals surface area contributed by atoms with Crippen LogP contribution in [0, 0.1) is 13.8 Å². The van der Waals surface area contributed by atoms with E-state index in [4.69, 9.17) is 0 Å². The van der Waals surface area contributed by atoms with E-state index in [9.17, 15) is 9.90 Å². The lowest BCUT2D eigenvalue weighted by atomic mass is 9.86. The van der Waals surface area contributed by atoms with Crippen molar-refractivity contribution in [3.05, 3.63) is 34.9 Å². The van der Waals surface area contributed by atoms with Gasteiger partial charge in [-0.05, 0) is 44.7 Å². The summed E-state index contributed by atoms with van der Waals surface area (Å²) in [4.78, 5) is 12.0. The van der Waals surface area contributed by atoms with Gasteiger partial charge in [0.2, 0.25) is 0 Å². The van der Waals surface area contributed by atoms with E-state index in [1.54, 1.807) is 0 Å². The third kappa shape index (κ3) is 3.65. The molecule has 116 valence electrons. The molecule has 1 saturated carbocycles. The average molecular weight is 289 g/mol. The van der Waals surface area contributed by atoms with Crippen LogP contribution in [0.4, 0.5) is 0 Å². The fraction of sp³-hybridized carbons (Fsp3) is 0.611. The van der Waals surface area contributed by atoms with Crippen molar-refractivity contribution in [3.63, 3.8) is 0 Å². The number of carboxylic acids is 1. The summed E-state index contributed by atoms with van der Waals surface area (Å²) in [5.74, 6) is -0.791. The molecule has 1 aliphatic rings. The third-order valence-electron chi connectivity index (χ3n) is 4.71. The van der Waals surface area contributed by atoms with Gasteiger partial charge < -0.3 is 5.11 Å². The molecule has 1 aromatic rings. The molecular weight excluding hydrogens is 262 g/mol. The number of carbonyl (C=O) groups is 1. The van der Waals surface area contributed by atoms with Crippen LogP contribution in [0.1, 0.15) is 62.1 Å². The van der Waals surface area contributed by atoms with Crippen LogP contribution >= 0.6 is 0 Å². The Kier molecular flexibility index (Phi) is 5.04. The van der Waals surface area contributed by atoms with Crippen LogP contribution in [0.2, 0.25) is 0 Å². The Labute approximate surface area is 127 Å². The predicted molar refractivity (Wildman–Crippen MR) is 85.5 cm³/mol. The zero-order valence-electron chi connectivity index (χ0n) is 13.4. The maximum absolute atomic E-state index is 12.0. The normalized spacial score (nSPS) is 19.8. The standard InChI is InChI=1S/C18H27NO2/c1-13-10-11-14(2)16(12-13)18(3,17(20)21)19-15-8-6-4-5-7-9-15/h10-12,15,19H,4-9H2,1-3H3,(H,20,21). The van der Waals surface area contributed by atoms with E-state index in [0.717, 1.165) is 29.5 Å². The van der Waals surface area contributed by atoms with Gasteiger partial charge in [0.1, 0.15) is 5.54 Å². The molecule has 21 heavy (non-hydrogen) atoms. The highest BCUT2D eigenvalue weighted by atomic mass is 16.4. The summed E-state index contributed by atoms with van der Waals surface area (Å²) in [5.41, 5.74) is 2.02. The zero-order chi connectivity index (χ0) is 15.5. The largest absolute Gasteiger partial charge is 0.480 e. The maximum atomic E-state index is 12.0. The lowest BCUT2D eigenvalue weighted by molar-refractivity contribution is -0.145. The summed E-state index contributed by atoms with van der Waals surface area (Å²) in [5, 5.41) is 13.3. The van der Waals surface area contributed by atoms with Gasteiger partial charge in [-0.1, -0.05) is 49.4 Å². The molecule has 3 heteroatoms. The second kappa shape index (κ2) is 6.61. The number of nitrogens with one attached hydrogen (secondary N) is 1. The van der Waals surface area contributed by atoms with Crippen molar-refractivity contribution in [2.45, 2.75) is 70.9 Å². The minimum Gasteiger partial charge on any atom is -0.480 e. The van der Waals surface area contributed by atoms with Crippen LogP contribution in [0.3, 0.4) is 0 Å². The second-order valence-electron chi connectivity index (χ2n) is 6.58. The van der Waals surface area contributed by atoms with Gasteiger partial charge in [0.25, 0.3) is 0 Å². The summed E-state index contributed by atoms with van der Waals surface area (Å²) in [6.45, 7) is 5.81. The molecule has 1 fully saturated rings. The first-order valence-electron chi connectivity index (χ1n) is 8.02. The molecule has 2 N–H and O–H groups in total. The SMILES string of the molecule is Cc1ccc(C)c(C(C)(NC2CCCCCC2)C(=O)O)c1. The predicted octanol–water partition coefficient (Wildman–Crippen LogP) is 3.92. The first kappa shape index (κ1) is 16.0. The number of benzene rings is 1. The number of aliphatic carboxylic acids is 1. The molecular formula is C18H27NO2. The van der Waals surface area contributed by atoms with Crippen molar-refractivity contribution in [1.82, 2.24) is 5.32 Å². The minimum absolute atomic E-state index is 0.300. The summed E-state index contributed by atoms with van der Waals surface area (Å²) in [6, 6.07) is 6.36. The number of hydrogen-bond acceptors (Lipinski definition) is 2. The smallest absolute Gasteiger partial charge is 0.328 e. The van der Waals surface area contributed by atoms with Gasteiger partial charge in [-0.3, -0.25) is 5.32 Å². The Morgan fingerprint density at radius 1 is 1.19 bits per heavy atom. The van der Waals surface area contributed by atoms with Crippen molar-refractivity contribution < 1.29 is 9.90 Å². The highest BCUT2D eigenvalue weighted by molar-refractivity contribution is 5.81. The monoisotopic (exact) mass is 289 g/mol. The molecule has 3 nitrogen and oxygen atoms in total. The van der Waals surface area contributed by atoms with E-state index in [2.05, 4.69) is 5.32 Å². The molecule has 0 heterocycles. The van der Waals surface area contributed by atoms with Gasteiger partial charge >= 0.3 is 5.97 Å². The van der Waals surface area contributed by atoms with Crippen LogP contribution < -0.4 is 5.32 Å². The van der Waals surface area contributed by atoms with Crippen molar-refractivity contribution in [1.29, 1.82) is 0 Å². The average Bonchev–Trinajstić information content (AvgIpc) is 2.69. The fourth-order valence-electron chi connectivity index (χ4n) is 3.36. The number of hydrogen-bond donors (Lipinski definition) is 2. The highest BCUT2D eigenvalue weighted by Gasteiger charge is 2.38. The van der Waals surface area contributed by atoms with Gasteiger partial charge in [-0.2, -0.15) is 0 Å². The molecule has 0 saturated heterocycles. The van der Waals surface area contributed by atoms with Gasteiger partial charge in [0.05, 0.1) is 0 Å². The van der Waals surface area contributed by atoms with Gasteiger partial charge in [0, 0.05) is 6.04 Å². The third-order valence-corrected chi connectivity index (χ3v) is 4.71. The quantitative estimate of drug-likeness (QED) is 0.826. The number of aryl methyl sites for hydroxylation is 2. The van der Waals surface area contributed by atoms with Crippen LogP contribution in [-0.4, -0.2) is 17.1 Å². The number of rotatable bonds is 4. The fourth-order valence-corrected chi connectivity index (χ4v) is 3.36. The molecule has 0 amide bonds. The maximum Gasteiger partial charge on any atom is 0.328 e. The lowest BCUT2D eigenvalue weighted by Crippen LogP contribution is -2.51. The molecule has 2 rings (SSSR count). The summed E-state index contributed by atoms with van der Waals surface area (Å²) in [7, 11) is 0. The Hall–Kier alpha value is -1.35. The van der Waals surface area contributed by atoms with E-state index >= 15 is 0 Å². The Balaban J connectivity index is 2.31. The molecule has 0 spiro atoms. The molecule has 1 aromatic carbocycles. The first-order valence-corrected chi connectivity index (χ1v) is 8.02. The van der Waals surface area contributed by atoms with Crippen molar-refractivity contribution in [2.24, 2.45) is 0 Å². The van der Waals surface area contributed by atoms with Crippen LogP contribution in [0.15, 0.2) is 18.2 Å². The van der Waals surface area contributed by atoms with Crippen LogP contribution in [0.25, 0.3) is 0 Å². The van der Waals surface area contributed by atoms with E-state index < -0.39 is 11.5 Å². The molecule has 1 unspecified atom stereocenters. The van der Waals surface area contributed by atoms with Crippen molar-refractivity contribution in [3.8, 4) is 0 Å². The highest BCUT2D eigenvalue weighted by Crippen LogP contribution is 2.29. The van der Waals surface area contributed by atoms with E-state index in [-0.39, 0.29) is 0 Å². The van der Waals surface area contributed by atoms with Crippen LogP contribution in [0.5, 0.6) is 0 Å². The Bertz CT molecular complexity index is 504. The number of carboxylic acid groups (broad SMARTS) is 1. The summed E-state index contributed by atoms with van der Waals surface area (Å²) >= 11 is 0. The van der Waals surface area contributed by atoms with Crippen molar-refractivity contribution in [2.75, 3.05) is 0 Å². The van der Waals surface area contributed by atoms with Gasteiger partial charge in [-0.25, -0.2) is 4.79 Å². The second-order valence-corrected chi connectivity index (χ2v) is 6.58. The van der Waals surface area contributed by atoms with Gasteiger partial charge in [0.15, 0.2) is 0 Å². The van der Waals surface area contributed by atoms with Gasteiger partial charge in [-0.15, -0.1) is 0 Å². The summed E-state index contributed by atoms with van der Waals surface area (Å²) < 4.78 is 0. The Morgan fingerprint density at radius 3 is 2.38 bits per heavy atom. The Morgan fingerprint density at radius 2 is 1.81 bits per heavy atom. The zero-order valence-corrected chi connectivity index (χ0v) is 13.4. The lowest BCUT2D eigenvalue weighted by Gasteiger charge is -2.33. The summed E-state index contributed by atoms with van der Waals surface area (Å²) in [6.07, 6.45) is 7.08.